The third-order valence-electron chi connectivity index (χ3n) is 3.01. The minimum absolute atomic E-state index is 0.180. The molecule has 0 aliphatic heterocycles. The number of benzene rings is 2. The summed E-state index contributed by atoms with van der Waals surface area (Å²) in [7, 11) is 0. The van der Waals surface area contributed by atoms with E-state index in [0.29, 0.717) is 21.8 Å². The SMILES string of the molecule is O=C(Cc1ccccc1Cl)Nc1ccc2oc(=O)[nH]c2c1. The second-order valence-electron chi connectivity index (χ2n) is 4.54. The molecular weight excluding hydrogens is 292 g/mol. The van der Waals surface area contributed by atoms with Crippen molar-refractivity contribution < 1.29 is 9.21 Å². The number of oxazole rings is 1. The molecule has 5 nitrogen and oxygen atoms in total. The molecule has 21 heavy (non-hydrogen) atoms. The largest absolute Gasteiger partial charge is 0.417 e. The highest BCUT2D eigenvalue weighted by atomic mass is 35.5. The summed E-state index contributed by atoms with van der Waals surface area (Å²) in [6, 6.07) is 12.1. The van der Waals surface area contributed by atoms with Crippen LogP contribution in [0.25, 0.3) is 11.1 Å². The van der Waals surface area contributed by atoms with Gasteiger partial charge in [0, 0.05) is 10.7 Å². The minimum Gasteiger partial charge on any atom is -0.408 e. The van der Waals surface area contributed by atoms with Crippen molar-refractivity contribution in [3.05, 3.63) is 63.6 Å². The van der Waals surface area contributed by atoms with Crippen LogP contribution in [0.5, 0.6) is 0 Å². The van der Waals surface area contributed by atoms with Crippen LogP contribution in [0.3, 0.4) is 0 Å². The molecule has 0 bridgehead atoms. The van der Waals surface area contributed by atoms with Crippen molar-refractivity contribution in [3.8, 4) is 0 Å². The molecule has 0 saturated heterocycles. The summed E-state index contributed by atoms with van der Waals surface area (Å²) < 4.78 is 4.90. The Labute approximate surface area is 124 Å². The molecule has 106 valence electrons. The van der Waals surface area contributed by atoms with Crippen LogP contribution in [0.1, 0.15) is 5.56 Å². The molecule has 1 heterocycles. The van der Waals surface area contributed by atoms with E-state index in [1.165, 1.54) is 0 Å². The van der Waals surface area contributed by atoms with Gasteiger partial charge in [0.15, 0.2) is 5.58 Å². The number of hydrogen-bond donors (Lipinski definition) is 2. The summed E-state index contributed by atoms with van der Waals surface area (Å²) in [5.41, 5.74) is 2.32. The monoisotopic (exact) mass is 302 g/mol. The van der Waals surface area contributed by atoms with Gasteiger partial charge in [0.05, 0.1) is 11.9 Å². The normalized spacial score (nSPS) is 10.7. The van der Waals surface area contributed by atoms with Gasteiger partial charge in [-0.15, -0.1) is 0 Å². The fraction of sp³-hybridized carbons (Fsp3) is 0.0667. The maximum Gasteiger partial charge on any atom is 0.417 e. The van der Waals surface area contributed by atoms with Crippen LogP contribution in [0.2, 0.25) is 5.02 Å². The quantitative estimate of drug-likeness (QED) is 0.781. The Bertz CT molecular complexity index is 866. The number of carbonyl (C=O) groups excluding carboxylic acids is 1. The summed E-state index contributed by atoms with van der Waals surface area (Å²) in [5, 5.41) is 3.32. The molecule has 0 fully saturated rings. The van der Waals surface area contributed by atoms with Crippen molar-refractivity contribution in [3.63, 3.8) is 0 Å². The third-order valence-corrected chi connectivity index (χ3v) is 3.38. The van der Waals surface area contributed by atoms with Crippen molar-refractivity contribution in [1.82, 2.24) is 4.98 Å². The number of anilines is 1. The van der Waals surface area contributed by atoms with Gasteiger partial charge in [-0.2, -0.15) is 0 Å². The Kier molecular flexibility index (Phi) is 3.50. The first-order valence-corrected chi connectivity index (χ1v) is 6.66. The number of rotatable bonds is 3. The second-order valence-corrected chi connectivity index (χ2v) is 4.95. The van der Waals surface area contributed by atoms with Gasteiger partial charge >= 0.3 is 5.76 Å². The molecule has 3 rings (SSSR count). The van der Waals surface area contributed by atoms with E-state index in [1.807, 2.05) is 12.1 Å². The topological polar surface area (TPSA) is 75.1 Å². The van der Waals surface area contributed by atoms with Crippen LogP contribution in [-0.4, -0.2) is 10.9 Å². The smallest absolute Gasteiger partial charge is 0.408 e. The van der Waals surface area contributed by atoms with Gasteiger partial charge in [-0.3, -0.25) is 9.78 Å². The average Bonchev–Trinajstić information content (AvgIpc) is 2.80. The third kappa shape index (κ3) is 2.98. The molecule has 0 aliphatic carbocycles. The Morgan fingerprint density at radius 3 is 2.86 bits per heavy atom. The van der Waals surface area contributed by atoms with Gasteiger partial charge in [0.1, 0.15) is 0 Å². The summed E-state index contributed by atoms with van der Waals surface area (Å²) in [4.78, 5) is 25.6. The van der Waals surface area contributed by atoms with E-state index in [4.69, 9.17) is 16.0 Å². The average molecular weight is 303 g/mol. The molecule has 0 spiro atoms. The van der Waals surface area contributed by atoms with Crippen LogP contribution in [0.15, 0.2) is 51.7 Å². The fourth-order valence-electron chi connectivity index (χ4n) is 2.05. The van der Waals surface area contributed by atoms with Crippen LogP contribution < -0.4 is 11.1 Å². The standard InChI is InChI=1S/C15H11ClN2O3/c16-11-4-2-1-3-9(11)7-14(19)17-10-5-6-13-12(8-10)18-15(20)21-13/h1-6,8H,7H2,(H,17,19)(H,18,20). The molecule has 6 heteroatoms. The number of amides is 1. The number of fused-ring (bicyclic) bond motifs is 1. The predicted octanol–water partition coefficient (Wildman–Crippen LogP) is 2.96. The van der Waals surface area contributed by atoms with E-state index in [1.54, 1.807) is 30.3 Å². The number of carbonyl (C=O) groups is 1. The molecule has 1 amide bonds. The molecule has 0 radical (unpaired) electrons. The van der Waals surface area contributed by atoms with Crippen molar-refractivity contribution in [2.75, 3.05) is 5.32 Å². The van der Waals surface area contributed by atoms with Crippen molar-refractivity contribution >= 4 is 34.3 Å². The number of aromatic amines is 1. The molecule has 1 aromatic heterocycles. The molecule has 2 aromatic carbocycles. The van der Waals surface area contributed by atoms with Crippen molar-refractivity contribution in [1.29, 1.82) is 0 Å². The highest BCUT2D eigenvalue weighted by Crippen LogP contribution is 2.18. The summed E-state index contributed by atoms with van der Waals surface area (Å²) >= 11 is 6.02. The minimum atomic E-state index is -0.524. The van der Waals surface area contributed by atoms with Gasteiger partial charge in [0.25, 0.3) is 0 Å². The lowest BCUT2D eigenvalue weighted by Gasteiger charge is -2.06. The van der Waals surface area contributed by atoms with Gasteiger partial charge in [-0.1, -0.05) is 29.8 Å². The summed E-state index contributed by atoms with van der Waals surface area (Å²) in [5.74, 6) is -0.710. The van der Waals surface area contributed by atoms with E-state index in [9.17, 15) is 9.59 Å². The zero-order valence-electron chi connectivity index (χ0n) is 10.9. The van der Waals surface area contributed by atoms with E-state index in [0.717, 1.165) is 5.56 Å². The molecule has 0 unspecified atom stereocenters. The highest BCUT2D eigenvalue weighted by molar-refractivity contribution is 6.31. The van der Waals surface area contributed by atoms with E-state index < -0.39 is 5.76 Å². The maximum atomic E-state index is 12.0. The Balaban J connectivity index is 1.77. The maximum absolute atomic E-state index is 12.0. The number of hydrogen-bond acceptors (Lipinski definition) is 3. The van der Waals surface area contributed by atoms with E-state index in [-0.39, 0.29) is 12.3 Å². The Morgan fingerprint density at radius 2 is 2.05 bits per heavy atom. The van der Waals surface area contributed by atoms with Gasteiger partial charge in [-0.05, 0) is 29.8 Å². The fourth-order valence-corrected chi connectivity index (χ4v) is 2.25. The Morgan fingerprint density at radius 1 is 1.24 bits per heavy atom. The van der Waals surface area contributed by atoms with E-state index >= 15 is 0 Å². The van der Waals surface area contributed by atoms with E-state index in [2.05, 4.69) is 10.3 Å². The molecular formula is C15H11ClN2O3. The number of nitrogens with one attached hydrogen (secondary N) is 2. The lowest BCUT2D eigenvalue weighted by molar-refractivity contribution is -0.115. The molecule has 2 N–H and O–H groups in total. The Hall–Kier alpha value is -2.53. The second kappa shape index (κ2) is 5.46. The van der Waals surface area contributed by atoms with Gasteiger partial charge in [-0.25, -0.2) is 4.79 Å². The number of aromatic nitrogens is 1. The first-order valence-electron chi connectivity index (χ1n) is 6.28. The predicted molar refractivity (Wildman–Crippen MR) is 80.6 cm³/mol. The number of halogens is 1. The summed E-state index contributed by atoms with van der Waals surface area (Å²) in [6.45, 7) is 0. The lowest BCUT2D eigenvalue weighted by atomic mass is 10.1. The van der Waals surface area contributed by atoms with Gasteiger partial charge < -0.3 is 9.73 Å². The van der Waals surface area contributed by atoms with Crippen molar-refractivity contribution in [2.45, 2.75) is 6.42 Å². The lowest BCUT2D eigenvalue weighted by Crippen LogP contribution is -2.14. The molecule has 0 saturated carbocycles. The van der Waals surface area contributed by atoms with Crippen molar-refractivity contribution in [2.24, 2.45) is 0 Å². The highest BCUT2D eigenvalue weighted by Gasteiger charge is 2.08. The van der Waals surface area contributed by atoms with Gasteiger partial charge in [0.2, 0.25) is 5.91 Å². The first-order chi connectivity index (χ1) is 10.1. The van der Waals surface area contributed by atoms with Crippen LogP contribution in [0, 0.1) is 0 Å². The number of H-pyrrole nitrogens is 1. The van der Waals surface area contributed by atoms with Crippen LogP contribution in [-0.2, 0) is 11.2 Å². The van der Waals surface area contributed by atoms with Crippen LogP contribution in [0.4, 0.5) is 5.69 Å². The first kappa shape index (κ1) is 13.5. The molecule has 0 aliphatic rings. The zero-order chi connectivity index (χ0) is 14.8. The molecule has 0 atom stereocenters. The van der Waals surface area contributed by atoms with Crippen LogP contribution >= 0.6 is 11.6 Å². The zero-order valence-corrected chi connectivity index (χ0v) is 11.6. The molecule has 3 aromatic rings. The summed E-state index contributed by atoms with van der Waals surface area (Å²) in [6.07, 6.45) is 0.180.